The van der Waals surface area contributed by atoms with Crippen LogP contribution < -0.4 is 5.73 Å². The largest absolute Gasteiger partial charge is 0.395 e. The average Bonchev–Trinajstić information content (AvgIpc) is 2.49. The first-order chi connectivity index (χ1) is 9.72. The SMILES string of the molecule is CCCc1ccc(-c2ccc(CC(N)CO)cc2)cc1.Cl. The van der Waals surface area contributed by atoms with Crippen LogP contribution in [0, 0.1) is 0 Å². The van der Waals surface area contributed by atoms with Gasteiger partial charge in [-0.15, -0.1) is 12.4 Å². The lowest BCUT2D eigenvalue weighted by Crippen LogP contribution is -2.26. The molecule has 21 heavy (non-hydrogen) atoms. The Labute approximate surface area is 133 Å². The van der Waals surface area contributed by atoms with Gasteiger partial charge >= 0.3 is 0 Å². The second kappa shape index (κ2) is 8.83. The number of aliphatic hydroxyl groups excluding tert-OH is 1. The molecule has 0 saturated heterocycles. The van der Waals surface area contributed by atoms with E-state index in [9.17, 15) is 0 Å². The number of aliphatic hydroxyl groups is 1. The minimum absolute atomic E-state index is 0. The van der Waals surface area contributed by atoms with Gasteiger partial charge in [0.2, 0.25) is 0 Å². The van der Waals surface area contributed by atoms with E-state index in [0.717, 1.165) is 12.0 Å². The van der Waals surface area contributed by atoms with Gasteiger partial charge in [0, 0.05) is 6.04 Å². The lowest BCUT2D eigenvalue weighted by molar-refractivity contribution is 0.265. The molecule has 0 saturated carbocycles. The van der Waals surface area contributed by atoms with Crippen LogP contribution in [0.3, 0.4) is 0 Å². The smallest absolute Gasteiger partial charge is 0.0585 e. The number of nitrogens with two attached hydrogens (primary N) is 1. The molecule has 0 aliphatic heterocycles. The van der Waals surface area contributed by atoms with Crippen LogP contribution in [-0.2, 0) is 12.8 Å². The molecular formula is C18H24ClNO. The summed E-state index contributed by atoms with van der Waals surface area (Å²) in [5, 5.41) is 8.97. The summed E-state index contributed by atoms with van der Waals surface area (Å²) >= 11 is 0. The summed E-state index contributed by atoms with van der Waals surface area (Å²) in [6.45, 7) is 2.23. The van der Waals surface area contributed by atoms with Crippen molar-refractivity contribution in [1.82, 2.24) is 0 Å². The molecule has 2 aromatic carbocycles. The highest BCUT2D eigenvalue weighted by atomic mass is 35.5. The zero-order chi connectivity index (χ0) is 14.4. The summed E-state index contributed by atoms with van der Waals surface area (Å²) in [5.74, 6) is 0. The van der Waals surface area contributed by atoms with E-state index >= 15 is 0 Å². The van der Waals surface area contributed by atoms with Gasteiger partial charge in [-0.25, -0.2) is 0 Å². The van der Waals surface area contributed by atoms with Crippen molar-refractivity contribution in [2.45, 2.75) is 32.2 Å². The van der Waals surface area contributed by atoms with E-state index in [4.69, 9.17) is 10.8 Å². The van der Waals surface area contributed by atoms with Gasteiger partial charge in [-0.05, 0) is 35.1 Å². The highest BCUT2D eigenvalue weighted by molar-refractivity contribution is 5.85. The first-order valence-electron chi connectivity index (χ1n) is 7.27. The van der Waals surface area contributed by atoms with Crippen molar-refractivity contribution in [3.63, 3.8) is 0 Å². The number of halogens is 1. The molecule has 0 heterocycles. The average molecular weight is 306 g/mol. The molecule has 2 aromatic rings. The second-order valence-corrected chi connectivity index (χ2v) is 5.29. The molecule has 0 bridgehead atoms. The highest BCUT2D eigenvalue weighted by Crippen LogP contribution is 2.21. The first-order valence-corrected chi connectivity index (χ1v) is 7.27. The fourth-order valence-electron chi connectivity index (χ4n) is 2.35. The molecule has 2 nitrogen and oxygen atoms in total. The molecule has 114 valence electrons. The molecule has 3 heteroatoms. The minimum atomic E-state index is -0.172. The normalized spacial score (nSPS) is 11.8. The van der Waals surface area contributed by atoms with E-state index in [1.165, 1.54) is 23.1 Å². The molecule has 0 spiro atoms. The molecule has 1 unspecified atom stereocenters. The number of hydrogen-bond donors (Lipinski definition) is 2. The van der Waals surface area contributed by atoms with Gasteiger partial charge in [-0.3, -0.25) is 0 Å². The summed E-state index contributed by atoms with van der Waals surface area (Å²) in [4.78, 5) is 0. The van der Waals surface area contributed by atoms with Crippen LogP contribution in [0.15, 0.2) is 48.5 Å². The van der Waals surface area contributed by atoms with Gasteiger partial charge in [-0.1, -0.05) is 61.9 Å². The molecule has 3 N–H and O–H groups in total. The highest BCUT2D eigenvalue weighted by Gasteiger charge is 2.03. The van der Waals surface area contributed by atoms with Crippen molar-refractivity contribution >= 4 is 12.4 Å². The van der Waals surface area contributed by atoms with Crippen LogP contribution in [-0.4, -0.2) is 17.8 Å². The summed E-state index contributed by atoms with van der Waals surface area (Å²) in [6, 6.07) is 17.0. The Hall–Kier alpha value is -1.35. The summed E-state index contributed by atoms with van der Waals surface area (Å²) < 4.78 is 0. The zero-order valence-corrected chi connectivity index (χ0v) is 13.3. The van der Waals surface area contributed by atoms with E-state index in [2.05, 4.69) is 55.5 Å². The third kappa shape index (κ3) is 5.16. The van der Waals surface area contributed by atoms with Crippen LogP contribution in [0.1, 0.15) is 24.5 Å². The van der Waals surface area contributed by atoms with Crippen LogP contribution >= 0.6 is 12.4 Å². The van der Waals surface area contributed by atoms with Crippen molar-refractivity contribution in [3.05, 3.63) is 59.7 Å². The van der Waals surface area contributed by atoms with Gasteiger partial charge in [-0.2, -0.15) is 0 Å². The Morgan fingerprint density at radius 1 is 0.905 bits per heavy atom. The Kier molecular flexibility index (Phi) is 7.44. The molecule has 0 aliphatic carbocycles. The maximum absolute atomic E-state index is 8.97. The molecule has 2 rings (SSSR count). The van der Waals surface area contributed by atoms with Crippen LogP contribution in [0.5, 0.6) is 0 Å². The molecule has 0 fully saturated rings. The van der Waals surface area contributed by atoms with Gasteiger partial charge in [0.1, 0.15) is 0 Å². The molecule has 0 aromatic heterocycles. The van der Waals surface area contributed by atoms with Crippen LogP contribution in [0.4, 0.5) is 0 Å². The Morgan fingerprint density at radius 3 is 1.81 bits per heavy atom. The third-order valence-corrected chi connectivity index (χ3v) is 3.51. The maximum atomic E-state index is 8.97. The Morgan fingerprint density at radius 2 is 1.38 bits per heavy atom. The predicted octanol–water partition coefficient (Wildman–Crippen LogP) is 3.59. The van der Waals surface area contributed by atoms with Gasteiger partial charge in [0.15, 0.2) is 0 Å². The van der Waals surface area contributed by atoms with Gasteiger partial charge in [0.05, 0.1) is 6.61 Å². The lowest BCUT2D eigenvalue weighted by atomic mass is 9.99. The Bertz CT molecular complexity index is 522. The van der Waals surface area contributed by atoms with Crippen molar-refractivity contribution in [2.24, 2.45) is 5.73 Å². The Balaban J connectivity index is 0.00000220. The molecule has 0 amide bonds. The zero-order valence-electron chi connectivity index (χ0n) is 12.5. The maximum Gasteiger partial charge on any atom is 0.0585 e. The number of aryl methyl sites for hydroxylation is 1. The van der Waals surface area contributed by atoms with Crippen molar-refractivity contribution < 1.29 is 5.11 Å². The predicted molar refractivity (Wildman–Crippen MR) is 91.9 cm³/mol. The summed E-state index contributed by atoms with van der Waals surface area (Å²) in [7, 11) is 0. The monoisotopic (exact) mass is 305 g/mol. The van der Waals surface area contributed by atoms with E-state index in [1.54, 1.807) is 0 Å². The summed E-state index contributed by atoms with van der Waals surface area (Å²) in [5.41, 5.74) is 10.8. The first kappa shape index (κ1) is 17.7. The fraction of sp³-hybridized carbons (Fsp3) is 0.333. The van der Waals surface area contributed by atoms with Crippen molar-refractivity contribution in [2.75, 3.05) is 6.61 Å². The molecule has 0 aliphatic rings. The standard InChI is InChI=1S/C18H23NO.ClH/c1-2-3-14-4-8-16(9-5-14)17-10-6-15(7-11-17)12-18(19)13-20;/h4-11,18,20H,2-3,12-13,19H2,1H3;1H. The lowest BCUT2D eigenvalue weighted by Gasteiger charge is -2.09. The molecular weight excluding hydrogens is 282 g/mol. The van der Waals surface area contributed by atoms with E-state index in [1.807, 2.05) is 0 Å². The number of benzene rings is 2. The van der Waals surface area contributed by atoms with Crippen LogP contribution in [0.2, 0.25) is 0 Å². The van der Waals surface area contributed by atoms with E-state index in [-0.39, 0.29) is 25.1 Å². The van der Waals surface area contributed by atoms with E-state index < -0.39 is 0 Å². The minimum Gasteiger partial charge on any atom is -0.395 e. The van der Waals surface area contributed by atoms with Crippen molar-refractivity contribution in [1.29, 1.82) is 0 Å². The van der Waals surface area contributed by atoms with E-state index in [0.29, 0.717) is 6.42 Å². The number of rotatable bonds is 6. The topological polar surface area (TPSA) is 46.2 Å². The fourth-order valence-corrected chi connectivity index (χ4v) is 2.35. The molecule has 1 atom stereocenters. The molecule has 0 radical (unpaired) electrons. The summed E-state index contributed by atoms with van der Waals surface area (Å²) in [6.07, 6.45) is 3.03. The van der Waals surface area contributed by atoms with Gasteiger partial charge < -0.3 is 10.8 Å². The second-order valence-electron chi connectivity index (χ2n) is 5.29. The van der Waals surface area contributed by atoms with Crippen molar-refractivity contribution in [3.8, 4) is 11.1 Å². The third-order valence-electron chi connectivity index (χ3n) is 3.51. The van der Waals surface area contributed by atoms with Crippen LogP contribution in [0.25, 0.3) is 11.1 Å². The van der Waals surface area contributed by atoms with Gasteiger partial charge in [0.25, 0.3) is 0 Å². The number of hydrogen-bond acceptors (Lipinski definition) is 2. The quantitative estimate of drug-likeness (QED) is 0.856.